The first-order valence-electron chi connectivity index (χ1n) is 7.60. The van der Waals surface area contributed by atoms with Crippen LogP contribution in [0.4, 0.5) is 0 Å². The fourth-order valence-electron chi connectivity index (χ4n) is 3.72. The van der Waals surface area contributed by atoms with Crippen LogP contribution in [0.1, 0.15) is 57.3 Å². The molecule has 1 fully saturated rings. The third-order valence-corrected chi connectivity index (χ3v) is 5.07. The van der Waals surface area contributed by atoms with Crippen LogP contribution >= 0.6 is 11.6 Å². The van der Waals surface area contributed by atoms with Crippen LogP contribution in [0.5, 0.6) is 0 Å². The molecule has 4 atom stereocenters. The molecular formula is C16H22ClN3. The average Bonchev–Trinajstić information content (AvgIpc) is 2.99. The van der Waals surface area contributed by atoms with Crippen LogP contribution in [-0.2, 0) is 0 Å². The Morgan fingerprint density at radius 3 is 2.90 bits per heavy atom. The molecule has 2 heterocycles. The van der Waals surface area contributed by atoms with Gasteiger partial charge in [0.05, 0.1) is 5.38 Å². The zero-order valence-corrected chi connectivity index (χ0v) is 13.1. The monoisotopic (exact) mass is 291 g/mol. The third-order valence-electron chi connectivity index (χ3n) is 4.87. The van der Waals surface area contributed by atoms with Gasteiger partial charge in [-0.05, 0) is 43.7 Å². The molecule has 0 aromatic carbocycles. The Kier molecular flexibility index (Phi) is 3.72. The molecular weight excluding hydrogens is 270 g/mol. The number of imidazole rings is 1. The molecule has 2 aromatic rings. The summed E-state index contributed by atoms with van der Waals surface area (Å²) in [7, 11) is 0. The molecule has 20 heavy (non-hydrogen) atoms. The number of fused-ring (bicyclic) bond motifs is 1. The Balaban J connectivity index is 2.12. The Morgan fingerprint density at radius 1 is 1.45 bits per heavy atom. The molecule has 0 N–H and O–H groups in total. The van der Waals surface area contributed by atoms with E-state index in [-0.39, 0.29) is 5.38 Å². The van der Waals surface area contributed by atoms with E-state index < -0.39 is 0 Å². The summed E-state index contributed by atoms with van der Waals surface area (Å²) in [4.78, 5) is 9.27. The molecule has 0 bridgehead atoms. The van der Waals surface area contributed by atoms with E-state index in [1.54, 1.807) is 0 Å². The Labute approximate surface area is 125 Å². The Hall–Kier alpha value is -1.09. The van der Waals surface area contributed by atoms with Crippen LogP contribution in [0, 0.1) is 11.8 Å². The van der Waals surface area contributed by atoms with Gasteiger partial charge >= 0.3 is 0 Å². The van der Waals surface area contributed by atoms with Crippen molar-refractivity contribution in [3.63, 3.8) is 0 Å². The van der Waals surface area contributed by atoms with E-state index in [0.29, 0.717) is 12.0 Å². The largest absolute Gasteiger partial charge is 0.308 e. The Morgan fingerprint density at radius 2 is 2.25 bits per heavy atom. The molecule has 108 valence electrons. The summed E-state index contributed by atoms with van der Waals surface area (Å²) >= 11 is 6.37. The lowest BCUT2D eigenvalue weighted by atomic mass is 9.93. The quantitative estimate of drug-likeness (QED) is 0.766. The van der Waals surface area contributed by atoms with Gasteiger partial charge in [0.2, 0.25) is 0 Å². The van der Waals surface area contributed by atoms with Gasteiger partial charge in [-0.1, -0.05) is 20.3 Å². The number of pyridine rings is 1. The van der Waals surface area contributed by atoms with Gasteiger partial charge in [-0.15, -0.1) is 11.6 Å². The number of hydrogen-bond donors (Lipinski definition) is 0. The van der Waals surface area contributed by atoms with E-state index in [2.05, 4.69) is 23.4 Å². The van der Waals surface area contributed by atoms with Gasteiger partial charge in [0.1, 0.15) is 11.3 Å². The summed E-state index contributed by atoms with van der Waals surface area (Å²) < 4.78 is 2.31. The van der Waals surface area contributed by atoms with Crippen molar-refractivity contribution in [1.29, 1.82) is 0 Å². The van der Waals surface area contributed by atoms with E-state index in [0.717, 1.165) is 22.9 Å². The van der Waals surface area contributed by atoms with Crippen LogP contribution in [0.2, 0.25) is 0 Å². The lowest BCUT2D eigenvalue weighted by Crippen LogP contribution is -2.18. The summed E-state index contributed by atoms with van der Waals surface area (Å²) in [6, 6.07) is 4.45. The first kappa shape index (κ1) is 13.9. The first-order valence-corrected chi connectivity index (χ1v) is 8.04. The second-order valence-electron chi connectivity index (χ2n) is 5.97. The molecule has 1 aliphatic rings. The summed E-state index contributed by atoms with van der Waals surface area (Å²) in [5.41, 5.74) is 1.95. The molecule has 4 unspecified atom stereocenters. The fraction of sp³-hybridized carbons (Fsp3) is 0.625. The number of alkyl halides is 1. The fourth-order valence-corrected chi connectivity index (χ4v) is 3.87. The zero-order valence-electron chi connectivity index (χ0n) is 12.4. The highest BCUT2D eigenvalue weighted by Gasteiger charge is 2.35. The minimum absolute atomic E-state index is 0.0860. The van der Waals surface area contributed by atoms with E-state index in [4.69, 9.17) is 16.6 Å². The van der Waals surface area contributed by atoms with Crippen molar-refractivity contribution in [1.82, 2.24) is 14.5 Å². The van der Waals surface area contributed by atoms with Crippen molar-refractivity contribution in [3.8, 4) is 0 Å². The van der Waals surface area contributed by atoms with Gasteiger partial charge < -0.3 is 4.57 Å². The maximum atomic E-state index is 6.37. The summed E-state index contributed by atoms with van der Waals surface area (Å²) in [6.07, 6.45) is 5.60. The second-order valence-corrected chi connectivity index (χ2v) is 6.63. The molecule has 0 amide bonds. The molecule has 0 radical (unpaired) electrons. The van der Waals surface area contributed by atoms with Gasteiger partial charge in [0, 0.05) is 12.2 Å². The third kappa shape index (κ3) is 2.12. The predicted molar refractivity (Wildman–Crippen MR) is 83.0 cm³/mol. The van der Waals surface area contributed by atoms with Crippen molar-refractivity contribution < 1.29 is 0 Å². The van der Waals surface area contributed by atoms with Crippen molar-refractivity contribution in [2.45, 2.75) is 51.5 Å². The van der Waals surface area contributed by atoms with Crippen molar-refractivity contribution >= 4 is 22.8 Å². The standard InChI is InChI=1S/C16H22ClN3/c1-4-12-7-8-14(10(12)2)20-15(11(3)17)19-13-6-5-9-18-16(13)20/h5-6,9-12,14H,4,7-8H2,1-3H3. The molecule has 0 spiro atoms. The Bertz CT molecular complexity index is 605. The molecule has 3 rings (SSSR count). The van der Waals surface area contributed by atoms with E-state index in [9.17, 15) is 0 Å². The number of aromatic nitrogens is 3. The van der Waals surface area contributed by atoms with Crippen LogP contribution in [0.15, 0.2) is 18.3 Å². The first-order chi connectivity index (χ1) is 9.63. The molecule has 3 nitrogen and oxygen atoms in total. The highest BCUT2D eigenvalue weighted by atomic mass is 35.5. The van der Waals surface area contributed by atoms with E-state index >= 15 is 0 Å². The van der Waals surface area contributed by atoms with Gasteiger partial charge in [0.15, 0.2) is 5.65 Å². The van der Waals surface area contributed by atoms with Crippen molar-refractivity contribution in [3.05, 3.63) is 24.2 Å². The molecule has 0 aliphatic heterocycles. The molecule has 2 aromatic heterocycles. The minimum Gasteiger partial charge on any atom is -0.308 e. The summed E-state index contributed by atoms with van der Waals surface area (Å²) in [6.45, 7) is 6.65. The maximum absolute atomic E-state index is 6.37. The van der Waals surface area contributed by atoms with Gasteiger partial charge in [-0.25, -0.2) is 9.97 Å². The van der Waals surface area contributed by atoms with Gasteiger partial charge in [-0.2, -0.15) is 0 Å². The summed E-state index contributed by atoms with van der Waals surface area (Å²) in [5, 5.41) is -0.0860. The SMILES string of the molecule is CCC1CCC(n2c(C(C)Cl)nc3cccnc32)C1C. The topological polar surface area (TPSA) is 30.7 Å². The molecule has 0 saturated heterocycles. The lowest BCUT2D eigenvalue weighted by molar-refractivity contribution is 0.328. The van der Waals surface area contributed by atoms with Crippen molar-refractivity contribution in [2.24, 2.45) is 11.8 Å². The molecule has 1 aliphatic carbocycles. The smallest absolute Gasteiger partial charge is 0.160 e. The van der Waals surface area contributed by atoms with Crippen LogP contribution in [-0.4, -0.2) is 14.5 Å². The van der Waals surface area contributed by atoms with Gasteiger partial charge in [-0.3, -0.25) is 0 Å². The van der Waals surface area contributed by atoms with Crippen LogP contribution in [0.25, 0.3) is 11.2 Å². The zero-order chi connectivity index (χ0) is 14.3. The van der Waals surface area contributed by atoms with E-state index in [1.807, 2.05) is 25.3 Å². The average molecular weight is 292 g/mol. The van der Waals surface area contributed by atoms with Crippen LogP contribution in [0.3, 0.4) is 0 Å². The normalized spacial score (nSPS) is 28.1. The number of rotatable bonds is 3. The highest BCUT2D eigenvalue weighted by molar-refractivity contribution is 6.20. The van der Waals surface area contributed by atoms with Crippen LogP contribution < -0.4 is 0 Å². The highest BCUT2D eigenvalue weighted by Crippen LogP contribution is 2.44. The maximum Gasteiger partial charge on any atom is 0.160 e. The van der Waals surface area contributed by atoms with E-state index in [1.165, 1.54) is 19.3 Å². The predicted octanol–water partition coefficient (Wildman–Crippen LogP) is 4.73. The minimum atomic E-state index is -0.0860. The second kappa shape index (κ2) is 5.36. The van der Waals surface area contributed by atoms with Gasteiger partial charge in [0.25, 0.3) is 0 Å². The molecule has 4 heteroatoms. The summed E-state index contributed by atoms with van der Waals surface area (Å²) in [5.74, 6) is 2.43. The molecule has 1 saturated carbocycles. The van der Waals surface area contributed by atoms with Crippen molar-refractivity contribution in [2.75, 3.05) is 0 Å². The number of halogens is 1. The number of nitrogens with zero attached hydrogens (tertiary/aromatic N) is 3. The number of hydrogen-bond acceptors (Lipinski definition) is 2. The lowest BCUT2D eigenvalue weighted by Gasteiger charge is -2.23.